The molecule has 0 bridgehead atoms. The van der Waals surface area contributed by atoms with E-state index in [0.717, 1.165) is 16.3 Å². The van der Waals surface area contributed by atoms with Gasteiger partial charge in [-0.05, 0) is 18.6 Å². The lowest BCUT2D eigenvalue weighted by Crippen LogP contribution is -2.26. The summed E-state index contributed by atoms with van der Waals surface area (Å²) < 4.78 is 0.642. The predicted molar refractivity (Wildman–Crippen MR) is 81.6 cm³/mol. The van der Waals surface area contributed by atoms with Gasteiger partial charge in [-0.3, -0.25) is 4.79 Å². The van der Waals surface area contributed by atoms with Crippen LogP contribution in [0.3, 0.4) is 0 Å². The Morgan fingerprint density at radius 2 is 2.20 bits per heavy atom. The summed E-state index contributed by atoms with van der Waals surface area (Å²) in [6, 6.07) is 7.92. The number of carbonyl (C=O) groups is 1. The molecule has 1 aromatic heterocycles. The van der Waals surface area contributed by atoms with Gasteiger partial charge in [-0.1, -0.05) is 29.8 Å². The van der Waals surface area contributed by atoms with Crippen molar-refractivity contribution in [2.45, 2.75) is 19.9 Å². The lowest BCUT2D eigenvalue weighted by Gasteiger charge is -2.24. The summed E-state index contributed by atoms with van der Waals surface area (Å²) in [4.78, 5) is 17.1. The quantitative estimate of drug-likeness (QED) is 0.886. The van der Waals surface area contributed by atoms with Gasteiger partial charge in [0.15, 0.2) is 0 Å². The van der Waals surface area contributed by atoms with E-state index in [1.807, 2.05) is 36.1 Å². The topological polar surface area (TPSA) is 53.4 Å². The van der Waals surface area contributed by atoms with Crippen LogP contribution in [0.4, 0.5) is 5.69 Å². The first kappa shape index (κ1) is 14.8. The Hall–Kier alpha value is -1.59. The van der Waals surface area contributed by atoms with E-state index in [-0.39, 0.29) is 6.42 Å². The van der Waals surface area contributed by atoms with Crippen molar-refractivity contribution in [1.82, 2.24) is 4.98 Å². The van der Waals surface area contributed by atoms with E-state index in [4.69, 9.17) is 16.7 Å². The number of halogens is 1. The predicted octanol–water partition coefficient (Wildman–Crippen LogP) is 3.59. The van der Waals surface area contributed by atoms with Gasteiger partial charge in [-0.2, -0.15) is 0 Å². The molecule has 0 saturated heterocycles. The molecular formula is C14H15ClN2O2S. The molecule has 0 fully saturated rings. The molecule has 0 amide bonds. The lowest BCUT2D eigenvalue weighted by molar-refractivity contribution is -0.136. The molecule has 0 aliphatic carbocycles. The average molecular weight is 311 g/mol. The van der Waals surface area contributed by atoms with Crippen LogP contribution in [0.15, 0.2) is 30.5 Å². The Labute approximate surface area is 126 Å². The summed E-state index contributed by atoms with van der Waals surface area (Å²) in [6.07, 6.45) is 1.71. The standard InChI is InChI=1S/C14H15ClN2O2S/c1-10-4-2-3-5-11(10)17(7-6-14(18)19)9-13-16-8-12(15)20-13/h2-5,8H,6-7,9H2,1H3,(H,18,19). The Morgan fingerprint density at radius 1 is 1.45 bits per heavy atom. The van der Waals surface area contributed by atoms with Gasteiger partial charge in [-0.15, -0.1) is 11.3 Å². The third-order valence-electron chi connectivity index (χ3n) is 2.90. The fourth-order valence-corrected chi connectivity index (χ4v) is 2.93. The number of carboxylic acids is 1. The molecule has 0 aliphatic heterocycles. The maximum Gasteiger partial charge on any atom is 0.305 e. The van der Waals surface area contributed by atoms with Crippen LogP contribution >= 0.6 is 22.9 Å². The first-order valence-electron chi connectivity index (χ1n) is 6.19. The van der Waals surface area contributed by atoms with Crippen molar-refractivity contribution in [3.63, 3.8) is 0 Å². The van der Waals surface area contributed by atoms with Gasteiger partial charge in [0.2, 0.25) is 0 Å². The molecule has 20 heavy (non-hydrogen) atoms. The van der Waals surface area contributed by atoms with Gasteiger partial charge in [-0.25, -0.2) is 4.98 Å². The number of thiazole rings is 1. The molecule has 0 unspecified atom stereocenters. The number of rotatable bonds is 6. The first-order chi connectivity index (χ1) is 9.56. The molecule has 0 atom stereocenters. The largest absolute Gasteiger partial charge is 0.481 e. The number of aliphatic carboxylic acids is 1. The highest BCUT2D eigenvalue weighted by Crippen LogP contribution is 2.25. The van der Waals surface area contributed by atoms with Crippen LogP contribution in [0.5, 0.6) is 0 Å². The van der Waals surface area contributed by atoms with E-state index in [1.54, 1.807) is 6.20 Å². The van der Waals surface area contributed by atoms with Crippen molar-refractivity contribution in [3.8, 4) is 0 Å². The van der Waals surface area contributed by atoms with E-state index >= 15 is 0 Å². The number of aryl methyl sites for hydroxylation is 1. The molecule has 0 aliphatic rings. The molecular weight excluding hydrogens is 296 g/mol. The van der Waals surface area contributed by atoms with E-state index in [0.29, 0.717) is 17.4 Å². The van der Waals surface area contributed by atoms with Crippen LogP contribution in [0.1, 0.15) is 17.0 Å². The summed E-state index contributed by atoms with van der Waals surface area (Å²) in [5.74, 6) is -0.805. The average Bonchev–Trinajstić information content (AvgIpc) is 2.81. The van der Waals surface area contributed by atoms with Crippen LogP contribution < -0.4 is 4.90 Å². The normalized spacial score (nSPS) is 10.5. The molecule has 4 nitrogen and oxygen atoms in total. The Kier molecular flexibility index (Phi) is 4.98. The molecule has 2 aromatic rings. The smallest absolute Gasteiger partial charge is 0.305 e. The second-order valence-corrected chi connectivity index (χ2v) is 6.16. The molecule has 6 heteroatoms. The van der Waals surface area contributed by atoms with Gasteiger partial charge >= 0.3 is 5.97 Å². The van der Waals surface area contributed by atoms with Crippen LogP contribution in [0, 0.1) is 6.92 Å². The number of para-hydroxylation sites is 1. The van der Waals surface area contributed by atoms with Gasteiger partial charge in [0.05, 0.1) is 19.2 Å². The number of aromatic nitrogens is 1. The van der Waals surface area contributed by atoms with E-state index in [2.05, 4.69) is 4.98 Å². The Balaban J connectivity index is 2.20. The highest BCUT2D eigenvalue weighted by Gasteiger charge is 2.13. The molecule has 1 aromatic carbocycles. The number of hydrogen-bond donors (Lipinski definition) is 1. The minimum atomic E-state index is -0.805. The zero-order valence-electron chi connectivity index (χ0n) is 11.0. The van der Waals surface area contributed by atoms with E-state index in [1.165, 1.54) is 11.3 Å². The SMILES string of the molecule is Cc1ccccc1N(CCC(=O)O)Cc1ncc(Cl)s1. The molecule has 106 valence electrons. The number of anilines is 1. The molecule has 0 saturated carbocycles. The zero-order valence-corrected chi connectivity index (χ0v) is 12.6. The number of benzene rings is 1. The second-order valence-electron chi connectivity index (χ2n) is 4.41. The van der Waals surface area contributed by atoms with Crippen molar-refractivity contribution in [2.75, 3.05) is 11.4 Å². The maximum absolute atomic E-state index is 10.8. The van der Waals surface area contributed by atoms with Gasteiger partial charge in [0.25, 0.3) is 0 Å². The highest BCUT2D eigenvalue weighted by atomic mass is 35.5. The zero-order chi connectivity index (χ0) is 14.5. The summed E-state index contributed by atoms with van der Waals surface area (Å²) in [7, 11) is 0. The van der Waals surface area contributed by atoms with E-state index in [9.17, 15) is 4.79 Å². The van der Waals surface area contributed by atoms with Gasteiger partial charge in [0, 0.05) is 12.2 Å². The van der Waals surface area contributed by atoms with Crippen molar-refractivity contribution in [1.29, 1.82) is 0 Å². The summed E-state index contributed by atoms with van der Waals surface area (Å²) in [5.41, 5.74) is 2.14. The van der Waals surface area contributed by atoms with Crippen molar-refractivity contribution in [3.05, 3.63) is 45.4 Å². The number of hydrogen-bond acceptors (Lipinski definition) is 4. The van der Waals surface area contributed by atoms with Crippen molar-refractivity contribution < 1.29 is 9.90 Å². The van der Waals surface area contributed by atoms with Crippen LogP contribution in [0.2, 0.25) is 4.34 Å². The molecule has 0 spiro atoms. The first-order valence-corrected chi connectivity index (χ1v) is 7.38. The van der Waals surface area contributed by atoms with Crippen molar-refractivity contribution in [2.24, 2.45) is 0 Å². The summed E-state index contributed by atoms with van der Waals surface area (Å²) in [5, 5.41) is 9.77. The van der Waals surface area contributed by atoms with Crippen LogP contribution in [-0.4, -0.2) is 22.6 Å². The third-order valence-corrected chi connectivity index (χ3v) is 4.00. The lowest BCUT2D eigenvalue weighted by atomic mass is 10.1. The number of carboxylic acid groups (broad SMARTS) is 1. The third kappa shape index (κ3) is 3.95. The fraction of sp³-hybridized carbons (Fsp3) is 0.286. The van der Waals surface area contributed by atoms with Crippen LogP contribution in [-0.2, 0) is 11.3 Å². The minimum Gasteiger partial charge on any atom is -0.481 e. The Bertz CT molecular complexity index is 600. The minimum absolute atomic E-state index is 0.0907. The maximum atomic E-state index is 10.8. The van der Waals surface area contributed by atoms with Gasteiger partial charge < -0.3 is 10.0 Å². The molecule has 0 radical (unpaired) electrons. The summed E-state index contributed by atoms with van der Waals surface area (Å²) >= 11 is 7.31. The number of nitrogens with zero attached hydrogens (tertiary/aromatic N) is 2. The highest BCUT2D eigenvalue weighted by molar-refractivity contribution is 7.15. The molecule has 2 rings (SSSR count). The Morgan fingerprint density at radius 3 is 2.80 bits per heavy atom. The van der Waals surface area contributed by atoms with Crippen LogP contribution in [0.25, 0.3) is 0 Å². The fourth-order valence-electron chi connectivity index (χ4n) is 1.96. The molecule has 1 N–H and O–H groups in total. The monoisotopic (exact) mass is 310 g/mol. The molecule has 1 heterocycles. The second kappa shape index (κ2) is 6.72. The van der Waals surface area contributed by atoms with Crippen molar-refractivity contribution >= 4 is 34.6 Å². The summed E-state index contributed by atoms with van der Waals surface area (Å²) in [6.45, 7) is 3.02. The van der Waals surface area contributed by atoms with Gasteiger partial charge in [0.1, 0.15) is 9.34 Å². The van der Waals surface area contributed by atoms with E-state index < -0.39 is 5.97 Å².